The summed E-state index contributed by atoms with van der Waals surface area (Å²) >= 11 is 0. The summed E-state index contributed by atoms with van der Waals surface area (Å²) in [5, 5.41) is 0. The molecule has 0 rings (SSSR count). The van der Waals surface area contributed by atoms with E-state index < -0.39 is 5.60 Å². The maximum Gasteiger partial charge on any atom is 0.320 e. The minimum absolute atomic E-state index is 0.203. The van der Waals surface area contributed by atoms with Crippen LogP contribution < -0.4 is 5.73 Å². The molecule has 0 aliphatic heterocycles. The molecular formula is C12H26N2O3. The molecule has 102 valence electrons. The Kier molecular flexibility index (Phi) is 8.12. The Morgan fingerprint density at radius 1 is 1.29 bits per heavy atom. The summed E-state index contributed by atoms with van der Waals surface area (Å²) in [6, 6.07) is 0. The number of carbonyl (C=O) groups excluding carboxylic acids is 1. The number of methoxy groups -OCH3 is 1. The number of ether oxygens (including phenoxy) is 2. The largest absolute Gasteiger partial charge is 0.459 e. The van der Waals surface area contributed by atoms with Crippen molar-refractivity contribution < 1.29 is 14.3 Å². The van der Waals surface area contributed by atoms with Crippen LogP contribution in [0.15, 0.2) is 0 Å². The first-order valence-corrected chi connectivity index (χ1v) is 6.02. The van der Waals surface area contributed by atoms with E-state index in [1.54, 1.807) is 7.11 Å². The second kappa shape index (κ2) is 8.44. The number of hydrogen-bond donors (Lipinski definition) is 1. The van der Waals surface area contributed by atoms with Gasteiger partial charge in [-0.25, -0.2) is 0 Å². The third-order valence-corrected chi connectivity index (χ3v) is 2.06. The van der Waals surface area contributed by atoms with Gasteiger partial charge in [0, 0.05) is 20.2 Å². The van der Waals surface area contributed by atoms with Crippen LogP contribution >= 0.6 is 0 Å². The first-order chi connectivity index (χ1) is 7.89. The number of nitrogens with zero attached hydrogens (tertiary/aromatic N) is 1. The molecule has 0 radical (unpaired) electrons. The van der Waals surface area contributed by atoms with Crippen LogP contribution in [-0.4, -0.2) is 56.4 Å². The third kappa shape index (κ3) is 10.2. The monoisotopic (exact) mass is 246 g/mol. The quantitative estimate of drug-likeness (QED) is 0.636. The van der Waals surface area contributed by atoms with Crippen LogP contribution in [0.1, 0.15) is 27.2 Å². The summed E-state index contributed by atoms with van der Waals surface area (Å²) in [6.45, 7) is 8.62. The lowest BCUT2D eigenvalue weighted by molar-refractivity contribution is -0.156. The van der Waals surface area contributed by atoms with Gasteiger partial charge in [0.15, 0.2) is 0 Å². The minimum atomic E-state index is -0.433. The lowest BCUT2D eigenvalue weighted by atomic mass is 10.2. The number of rotatable bonds is 8. The summed E-state index contributed by atoms with van der Waals surface area (Å²) in [4.78, 5) is 13.7. The van der Waals surface area contributed by atoms with Crippen LogP contribution in [0.2, 0.25) is 0 Å². The maximum atomic E-state index is 11.7. The third-order valence-electron chi connectivity index (χ3n) is 2.06. The van der Waals surface area contributed by atoms with E-state index in [0.29, 0.717) is 19.7 Å². The molecule has 0 aromatic rings. The van der Waals surface area contributed by atoms with Crippen molar-refractivity contribution >= 4 is 5.97 Å². The average Bonchev–Trinajstić information content (AvgIpc) is 2.19. The van der Waals surface area contributed by atoms with Gasteiger partial charge in [0.1, 0.15) is 5.60 Å². The fourth-order valence-corrected chi connectivity index (χ4v) is 1.36. The van der Waals surface area contributed by atoms with Crippen molar-refractivity contribution in [1.29, 1.82) is 0 Å². The number of esters is 1. The lowest BCUT2D eigenvalue weighted by Crippen LogP contribution is -2.37. The van der Waals surface area contributed by atoms with E-state index in [1.807, 2.05) is 25.7 Å². The highest BCUT2D eigenvalue weighted by Crippen LogP contribution is 2.07. The zero-order chi connectivity index (χ0) is 13.3. The highest BCUT2D eigenvalue weighted by atomic mass is 16.6. The van der Waals surface area contributed by atoms with Crippen molar-refractivity contribution in [3.05, 3.63) is 0 Å². The van der Waals surface area contributed by atoms with Crippen LogP contribution in [0.3, 0.4) is 0 Å². The van der Waals surface area contributed by atoms with Gasteiger partial charge in [-0.3, -0.25) is 9.69 Å². The number of hydrogen-bond acceptors (Lipinski definition) is 5. The molecule has 2 N–H and O–H groups in total. The first-order valence-electron chi connectivity index (χ1n) is 6.02. The van der Waals surface area contributed by atoms with Gasteiger partial charge in [-0.2, -0.15) is 0 Å². The molecule has 0 aliphatic carbocycles. The molecule has 0 aromatic heterocycles. The fourth-order valence-electron chi connectivity index (χ4n) is 1.36. The molecule has 17 heavy (non-hydrogen) atoms. The van der Waals surface area contributed by atoms with E-state index in [9.17, 15) is 4.79 Å². The molecule has 0 fully saturated rings. The summed E-state index contributed by atoms with van der Waals surface area (Å²) in [7, 11) is 1.65. The molecule has 0 amide bonds. The molecular weight excluding hydrogens is 220 g/mol. The van der Waals surface area contributed by atoms with Crippen LogP contribution in [0, 0.1) is 0 Å². The Labute approximate surface area is 104 Å². The van der Waals surface area contributed by atoms with Crippen molar-refractivity contribution in [1.82, 2.24) is 4.90 Å². The van der Waals surface area contributed by atoms with Crippen molar-refractivity contribution in [2.24, 2.45) is 5.73 Å². The number of carbonyl (C=O) groups is 1. The topological polar surface area (TPSA) is 64.8 Å². The predicted octanol–water partition coefficient (Wildman–Crippen LogP) is 0.625. The van der Waals surface area contributed by atoms with Crippen LogP contribution in [0.5, 0.6) is 0 Å². The van der Waals surface area contributed by atoms with E-state index in [-0.39, 0.29) is 5.97 Å². The zero-order valence-electron chi connectivity index (χ0n) is 11.5. The molecule has 0 unspecified atom stereocenters. The molecule has 0 aliphatic rings. The summed E-state index contributed by atoms with van der Waals surface area (Å²) < 4.78 is 10.3. The molecule has 0 spiro atoms. The van der Waals surface area contributed by atoms with Crippen LogP contribution in [-0.2, 0) is 14.3 Å². The Bertz CT molecular complexity index is 206. The molecule has 5 nitrogen and oxygen atoms in total. The predicted molar refractivity (Wildman–Crippen MR) is 67.8 cm³/mol. The Balaban J connectivity index is 4.07. The van der Waals surface area contributed by atoms with Gasteiger partial charge in [0.2, 0.25) is 0 Å². The van der Waals surface area contributed by atoms with Gasteiger partial charge in [-0.05, 0) is 33.7 Å². The van der Waals surface area contributed by atoms with E-state index in [2.05, 4.69) is 0 Å². The highest BCUT2D eigenvalue weighted by Gasteiger charge is 2.18. The highest BCUT2D eigenvalue weighted by molar-refractivity contribution is 5.72. The van der Waals surface area contributed by atoms with E-state index in [0.717, 1.165) is 19.5 Å². The van der Waals surface area contributed by atoms with Crippen molar-refractivity contribution in [2.45, 2.75) is 32.8 Å². The van der Waals surface area contributed by atoms with Gasteiger partial charge >= 0.3 is 5.97 Å². The Morgan fingerprint density at radius 3 is 2.41 bits per heavy atom. The average molecular weight is 246 g/mol. The van der Waals surface area contributed by atoms with Crippen molar-refractivity contribution in [3.63, 3.8) is 0 Å². The van der Waals surface area contributed by atoms with Crippen molar-refractivity contribution in [3.8, 4) is 0 Å². The number of nitrogens with two attached hydrogens (primary N) is 1. The summed E-state index contributed by atoms with van der Waals surface area (Å²) in [5.41, 5.74) is 5.03. The van der Waals surface area contributed by atoms with Crippen molar-refractivity contribution in [2.75, 3.05) is 39.9 Å². The van der Waals surface area contributed by atoms with Gasteiger partial charge in [-0.15, -0.1) is 0 Å². The first kappa shape index (κ1) is 16.4. The standard InChI is InChI=1S/C12H26N2O3/c1-12(2,3)17-11(15)10-14(7-5-6-13)8-9-16-4/h5-10,13H2,1-4H3. The van der Waals surface area contributed by atoms with E-state index >= 15 is 0 Å². The van der Waals surface area contributed by atoms with Gasteiger partial charge in [-0.1, -0.05) is 0 Å². The SMILES string of the molecule is COCCN(CCCN)CC(=O)OC(C)(C)C. The van der Waals surface area contributed by atoms with Crippen LogP contribution in [0.4, 0.5) is 0 Å². The Morgan fingerprint density at radius 2 is 1.94 bits per heavy atom. The molecule has 0 saturated carbocycles. The van der Waals surface area contributed by atoms with E-state index in [4.69, 9.17) is 15.2 Å². The summed E-state index contributed by atoms with van der Waals surface area (Å²) in [6.07, 6.45) is 0.868. The Hall–Kier alpha value is -0.650. The minimum Gasteiger partial charge on any atom is -0.459 e. The molecule has 0 heterocycles. The molecule has 0 saturated heterocycles. The van der Waals surface area contributed by atoms with Crippen LogP contribution in [0.25, 0.3) is 0 Å². The molecule has 0 bridgehead atoms. The second-order valence-corrected chi connectivity index (χ2v) is 5.00. The fraction of sp³-hybridized carbons (Fsp3) is 0.917. The van der Waals surface area contributed by atoms with E-state index in [1.165, 1.54) is 0 Å². The van der Waals surface area contributed by atoms with Gasteiger partial charge in [0.05, 0.1) is 13.2 Å². The zero-order valence-corrected chi connectivity index (χ0v) is 11.5. The molecule has 5 heteroatoms. The summed E-state index contributed by atoms with van der Waals surface area (Å²) in [5.74, 6) is -0.203. The smallest absolute Gasteiger partial charge is 0.320 e. The van der Waals surface area contributed by atoms with Gasteiger partial charge < -0.3 is 15.2 Å². The lowest BCUT2D eigenvalue weighted by Gasteiger charge is -2.24. The molecule has 0 atom stereocenters. The maximum absolute atomic E-state index is 11.7. The normalized spacial score (nSPS) is 11.9. The second-order valence-electron chi connectivity index (χ2n) is 5.00. The van der Waals surface area contributed by atoms with Gasteiger partial charge in [0.25, 0.3) is 0 Å². The molecule has 0 aromatic carbocycles.